The summed E-state index contributed by atoms with van der Waals surface area (Å²) in [5, 5.41) is 0. The van der Waals surface area contributed by atoms with Crippen molar-refractivity contribution in [2.45, 2.75) is 193 Å². The number of rotatable bonds is 38. The minimum absolute atomic E-state index is 0.0537. The molecule has 0 aliphatic carbocycles. The Hall–Kier alpha value is -1.51. The normalized spacial score (nSPS) is 13.6. The second kappa shape index (κ2) is 37.3. The molecule has 0 rings (SSSR count). The topological polar surface area (TPSA) is 134 Å². The van der Waals surface area contributed by atoms with Gasteiger partial charge in [0.25, 0.3) is 0 Å². The molecule has 0 heterocycles. The van der Waals surface area contributed by atoms with Crippen LogP contribution >= 0.6 is 7.82 Å². The lowest BCUT2D eigenvalue weighted by atomic mass is 10.0. The summed E-state index contributed by atoms with van der Waals surface area (Å²) in [6.07, 6.45) is 37.7. The maximum absolute atomic E-state index is 12.5. The van der Waals surface area contributed by atoms with Crippen molar-refractivity contribution in [1.82, 2.24) is 0 Å². The molecule has 1 unspecified atom stereocenters. The zero-order chi connectivity index (χ0) is 36.8. The van der Waals surface area contributed by atoms with Crippen molar-refractivity contribution in [2.75, 3.05) is 26.4 Å². The number of phosphoric ester groups is 1. The Balaban J connectivity index is 4.17. The maximum atomic E-state index is 12.5. The van der Waals surface area contributed by atoms with Crippen LogP contribution in [-0.2, 0) is 32.7 Å². The lowest BCUT2D eigenvalue weighted by Crippen LogP contribution is -2.29. The predicted molar refractivity (Wildman–Crippen MR) is 206 cm³/mol. The zero-order valence-corrected chi connectivity index (χ0v) is 33.0. The zero-order valence-electron chi connectivity index (χ0n) is 32.1. The monoisotopic (exact) mass is 730 g/mol. The Morgan fingerprint density at radius 1 is 0.600 bits per heavy atom. The van der Waals surface area contributed by atoms with E-state index in [-0.39, 0.29) is 38.6 Å². The molecule has 0 aliphatic rings. The van der Waals surface area contributed by atoms with Crippen LogP contribution < -0.4 is 5.73 Å². The van der Waals surface area contributed by atoms with Crippen LogP contribution in [0.1, 0.15) is 187 Å². The van der Waals surface area contributed by atoms with Gasteiger partial charge in [-0.2, -0.15) is 0 Å². The first-order valence-corrected chi connectivity index (χ1v) is 21.8. The first-order chi connectivity index (χ1) is 24.3. The molecule has 0 radical (unpaired) electrons. The summed E-state index contributed by atoms with van der Waals surface area (Å²) in [7, 11) is -4.37. The maximum Gasteiger partial charge on any atom is 0.472 e. The molecular formula is C40H76NO8P. The molecule has 0 spiro atoms. The second-order valence-corrected chi connectivity index (χ2v) is 15.0. The van der Waals surface area contributed by atoms with Gasteiger partial charge in [-0.05, 0) is 44.9 Å². The Bertz CT molecular complexity index is 881. The van der Waals surface area contributed by atoms with Crippen molar-refractivity contribution < 1.29 is 37.6 Å². The summed E-state index contributed by atoms with van der Waals surface area (Å²) in [6.45, 7) is 3.70. The molecule has 0 aromatic carbocycles. The fraction of sp³-hybridized carbons (Fsp3) is 0.850. The minimum Gasteiger partial charge on any atom is -0.462 e. The summed E-state index contributed by atoms with van der Waals surface area (Å²) in [6, 6.07) is 0. The van der Waals surface area contributed by atoms with Crippen molar-refractivity contribution in [2.24, 2.45) is 5.73 Å². The highest BCUT2D eigenvalue weighted by Crippen LogP contribution is 2.43. The molecule has 0 aromatic rings. The molecule has 0 bridgehead atoms. The molecule has 10 heteroatoms. The molecule has 0 aliphatic heterocycles. The van der Waals surface area contributed by atoms with Crippen molar-refractivity contribution in [1.29, 1.82) is 0 Å². The number of ether oxygens (including phenoxy) is 2. The van der Waals surface area contributed by atoms with Gasteiger partial charge < -0.3 is 20.1 Å². The molecule has 0 aromatic heterocycles. The van der Waals surface area contributed by atoms with Crippen molar-refractivity contribution in [3.8, 4) is 0 Å². The third-order valence-electron chi connectivity index (χ3n) is 8.59. The van der Waals surface area contributed by atoms with E-state index in [1.54, 1.807) is 0 Å². The number of hydrogen-bond acceptors (Lipinski definition) is 8. The molecule has 0 amide bonds. The quantitative estimate of drug-likeness (QED) is 0.0275. The van der Waals surface area contributed by atoms with Gasteiger partial charge in [-0.15, -0.1) is 0 Å². The first kappa shape index (κ1) is 48.5. The van der Waals surface area contributed by atoms with E-state index in [1.165, 1.54) is 103 Å². The average Bonchev–Trinajstić information content (AvgIpc) is 3.10. The van der Waals surface area contributed by atoms with Gasteiger partial charge in [-0.1, -0.05) is 154 Å². The van der Waals surface area contributed by atoms with Gasteiger partial charge in [-0.25, -0.2) is 4.57 Å². The third-order valence-corrected chi connectivity index (χ3v) is 9.57. The van der Waals surface area contributed by atoms with E-state index in [4.69, 9.17) is 24.3 Å². The SMILES string of the molecule is CCCCC/C=C\C/C=C\CCCCCCCCCC(=O)OC[C@H](COP(=O)(O)OCCN)OC(=O)CCCCCCCCCCCCCC. The largest absolute Gasteiger partial charge is 0.472 e. The number of nitrogens with two attached hydrogens (primary N) is 1. The molecule has 50 heavy (non-hydrogen) atoms. The smallest absolute Gasteiger partial charge is 0.462 e. The highest BCUT2D eigenvalue weighted by atomic mass is 31.2. The molecule has 2 atom stereocenters. The van der Waals surface area contributed by atoms with E-state index in [1.807, 2.05) is 0 Å². The fourth-order valence-corrected chi connectivity index (χ4v) is 6.31. The van der Waals surface area contributed by atoms with E-state index < -0.39 is 26.5 Å². The Morgan fingerprint density at radius 3 is 1.56 bits per heavy atom. The van der Waals surface area contributed by atoms with Crippen LogP contribution in [0.2, 0.25) is 0 Å². The highest BCUT2D eigenvalue weighted by Gasteiger charge is 2.26. The number of esters is 2. The third kappa shape index (κ3) is 36.3. The van der Waals surface area contributed by atoms with E-state index >= 15 is 0 Å². The van der Waals surface area contributed by atoms with E-state index in [0.717, 1.165) is 51.4 Å². The number of carbonyl (C=O) groups is 2. The molecule has 0 saturated heterocycles. The van der Waals surface area contributed by atoms with Gasteiger partial charge >= 0.3 is 19.8 Å². The van der Waals surface area contributed by atoms with Crippen LogP contribution in [0.4, 0.5) is 0 Å². The number of hydrogen-bond donors (Lipinski definition) is 2. The van der Waals surface area contributed by atoms with Crippen LogP contribution in [0.5, 0.6) is 0 Å². The molecule has 9 nitrogen and oxygen atoms in total. The van der Waals surface area contributed by atoms with Gasteiger partial charge in [0.15, 0.2) is 6.10 Å². The van der Waals surface area contributed by atoms with Crippen molar-refractivity contribution in [3.05, 3.63) is 24.3 Å². The standard InChI is InChI=1S/C40H76NO8P/c1-3-5-7-9-11-13-15-17-18-19-20-21-23-24-26-28-30-32-39(42)46-36-38(37-48-50(44,45)47-35-34-41)49-40(43)33-31-29-27-25-22-16-14-12-10-8-6-4-2/h11,13,17-18,38H,3-10,12,14-16,19-37,41H2,1-2H3,(H,44,45)/b13-11-,18-17-/t38-/m1/s1. The van der Waals surface area contributed by atoms with Crippen LogP contribution in [0.25, 0.3) is 0 Å². The van der Waals surface area contributed by atoms with Crippen molar-refractivity contribution >= 4 is 19.8 Å². The van der Waals surface area contributed by atoms with Crippen LogP contribution in [0, 0.1) is 0 Å². The number of unbranched alkanes of at least 4 members (excludes halogenated alkanes) is 21. The van der Waals surface area contributed by atoms with Gasteiger partial charge in [0.2, 0.25) is 0 Å². The number of carbonyl (C=O) groups excluding carboxylic acids is 2. The summed E-state index contributed by atoms with van der Waals surface area (Å²) < 4.78 is 32.7. The molecule has 294 valence electrons. The summed E-state index contributed by atoms with van der Waals surface area (Å²) in [5.74, 6) is -0.833. The van der Waals surface area contributed by atoms with Gasteiger partial charge in [0.1, 0.15) is 6.61 Å². The Morgan fingerprint density at radius 2 is 1.04 bits per heavy atom. The lowest BCUT2D eigenvalue weighted by Gasteiger charge is -2.19. The fourth-order valence-electron chi connectivity index (χ4n) is 5.55. The average molecular weight is 730 g/mol. The van der Waals surface area contributed by atoms with Crippen LogP contribution in [0.3, 0.4) is 0 Å². The predicted octanol–water partition coefficient (Wildman–Crippen LogP) is 11.2. The molecule has 0 saturated carbocycles. The molecular weight excluding hydrogens is 653 g/mol. The summed E-state index contributed by atoms with van der Waals surface area (Å²) in [4.78, 5) is 34.7. The van der Waals surface area contributed by atoms with Gasteiger partial charge in [0, 0.05) is 19.4 Å². The van der Waals surface area contributed by atoms with Crippen LogP contribution in [-0.4, -0.2) is 49.3 Å². The molecule has 0 fully saturated rings. The second-order valence-electron chi connectivity index (χ2n) is 13.5. The lowest BCUT2D eigenvalue weighted by molar-refractivity contribution is -0.161. The number of allylic oxidation sites excluding steroid dienone is 4. The number of phosphoric acid groups is 1. The van der Waals surface area contributed by atoms with E-state index in [2.05, 4.69) is 38.2 Å². The van der Waals surface area contributed by atoms with Gasteiger partial charge in [0.05, 0.1) is 13.2 Å². The molecule has 3 N–H and O–H groups in total. The summed E-state index contributed by atoms with van der Waals surface area (Å²) >= 11 is 0. The Labute approximate surface area is 306 Å². The van der Waals surface area contributed by atoms with Gasteiger partial charge in [-0.3, -0.25) is 18.6 Å². The Kier molecular flexibility index (Phi) is 36.1. The van der Waals surface area contributed by atoms with Crippen molar-refractivity contribution in [3.63, 3.8) is 0 Å². The minimum atomic E-state index is -4.37. The first-order valence-electron chi connectivity index (χ1n) is 20.3. The highest BCUT2D eigenvalue weighted by molar-refractivity contribution is 7.47. The van der Waals surface area contributed by atoms with E-state index in [0.29, 0.717) is 6.42 Å². The van der Waals surface area contributed by atoms with E-state index in [9.17, 15) is 19.0 Å². The summed E-state index contributed by atoms with van der Waals surface area (Å²) in [5.41, 5.74) is 5.33. The van der Waals surface area contributed by atoms with Crippen LogP contribution in [0.15, 0.2) is 24.3 Å².